The van der Waals surface area contributed by atoms with Crippen LogP contribution in [0, 0.1) is 0 Å². The van der Waals surface area contributed by atoms with Gasteiger partial charge in [0, 0.05) is 23.1 Å². The zero-order valence-electron chi connectivity index (χ0n) is 23.3. The van der Waals surface area contributed by atoms with E-state index < -0.39 is 0 Å². The molecule has 0 aliphatic carbocycles. The Morgan fingerprint density at radius 2 is 0.833 bits per heavy atom. The van der Waals surface area contributed by atoms with Crippen LogP contribution in [0.4, 0.5) is 22.7 Å². The Morgan fingerprint density at radius 1 is 0.417 bits per heavy atom. The number of benzene rings is 4. The van der Waals surface area contributed by atoms with Crippen LogP contribution < -0.4 is 10.6 Å². The normalized spacial score (nSPS) is 8.22. The molecule has 0 aliphatic heterocycles. The number of aromatic hydroxyl groups is 2. The van der Waals surface area contributed by atoms with Crippen molar-refractivity contribution in [2.75, 3.05) is 10.6 Å². The largest absolute Gasteiger partial charge is 0.508 e. The standard InChI is InChI=1S/2C12H11NO.4C2H6/c14-12-9-5-4-8-11(12)13-10-6-2-1-3-7-10;14-12-8-4-7-11(9-12)13-10-5-2-1-3-6-10;4*1-2/h2*1-9,13-14H;4*1-2H3. The third-order valence-electron chi connectivity index (χ3n) is 3.87. The minimum atomic E-state index is 0.261. The monoisotopic (exact) mass is 490 g/mol. The van der Waals surface area contributed by atoms with Gasteiger partial charge < -0.3 is 20.8 Å². The Morgan fingerprint density at radius 3 is 1.31 bits per heavy atom. The second kappa shape index (κ2) is 24.2. The van der Waals surface area contributed by atoms with Crippen LogP contribution in [0.25, 0.3) is 0 Å². The topological polar surface area (TPSA) is 64.5 Å². The molecule has 0 saturated heterocycles. The van der Waals surface area contributed by atoms with Crippen LogP contribution in [-0.4, -0.2) is 10.2 Å². The van der Waals surface area contributed by atoms with Crippen molar-refractivity contribution in [1.82, 2.24) is 0 Å². The van der Waals surface area contributed by atoms with E-state index in [1.165, 1.54) is 0 Å². The third-order valence-corrected chi connectivity index (χ3v) is 3.87. The second-order valence-corrected chi connectivity index (χ2v) is 6.05. The summed E-state index contributed by atoms with van der Waals surface area (Å²) in [6, 6.07) is 33.8. The number of nitrogens with one attached hydrogen (secondary N) is 2. The number of anilines is 4. The van der Waals surface area contributed by atoms with Gasteiger partial charge in [-0.2, -0.15) is 0 Å². The van der Waals surface area contributed by atoms with E-state index in [1.54, 1.807) is 30.3 Å². The summed E-state index contributed by atoms with van der Waals surface area (Å²) in [4.78, 5) is 0. The van der Waals surface area contributed by atoms with E-state index in [0.717, 1.165) is 22.7 Å². The first-order chi connectivity index (χ1) is 17.7. The Hall–Kier alpha value is -3.92. The molecular weight excluding hydrogens is 444 g/mol. The average Bonchev–Trinajstić information content (AvgIpc) is 2.96. The van der Waals surface area contributed by atoms with E-state index in [1.807, 2.05) is 134 Å². The van der Waals surface area contributed by atoms with Crippen molar-refractivity contribution in [3.05, 3.63) is 109 Å². The van der Waals surface area contributed by atoms with Crippen LogP contribution >= 0.6 is 0 Å². The van der Waals surface area contributed by atoms with Gasteiger partial charge in [-0.1, -0.05) is 110 Å². The van der Waals surface area contributed by atoms with Crippen molar-refractivity contribution in [3.8, 4) is 11.5 Å². The lowest BCUT2D eigenvalue weighted by molar-refractivity contribution is 0.475. The van der Waals surface area contributed by atoms with Crippen LogP contribution in [0.1, 0.15) is 55.4 Å². The lowest BCUT2D eigenvalue weighted by atomic mass is 10.2. The molecule has 36 heavy (non-hydrogen) atoms. The molecule has 0 radical (unpaired) electrons. The van der Waals surface area contributed by atoms with E-state index in [0.29, 0.717) is 0 Å². The number of phenols is 2. The quantitative estimate of drug-likeness (QED) is 0.215. The molecule has 4 aromatic carbocycles. The first-order valence-corrected chi connectivity index (χ1v) is 12.9. The maximum absolute atomic E-state index is 9.51. The highest BCUT2D eigenvalue weighted by Crippen LogP contribution is 2.25. The summed E-state index contributed by atoms with van der Waals surface area (Å²) >= 11 is 0. The van der Waals surface area contributed by atoms with Crippen molar-refractivity contribution in [2.45, 2.75) is 55.4 Å². The molecule has 0 heterocycles. The van der Waals surface area contributed by atoms with E-state index in [2.05, 4.69) is 10.6 Å². The van der Waals surface area contributed by atoms with Crippen LogP contribution in [0.15, 0.2) is 109 Å². The van der Waals surface area contributed by atoms with Gasteiger partial charge in [0.05, 0.1) is 5.69 Å². The van der Waals surface area contributed by atoms with Gasteiger partial charge in [-0.3, -0.25) is 0 Å². The minimum Gasteiger partial charge on any atom is -0.508 e. The zero-order chi connectivity index (χ0) is 27.6. The number of rotatable bonds is 4. The molecule has 0 fully saturated rings. The number of hydrogen-bond acceptors (Lipinski definition) is 4. The maximum Gasteiger partial charge on any atom is 0.139 e. The summed E-state index contributed by atoms with van der Waals surface area (Å²) in [6.07, 6.45) is 0. The fourth-order valence-electron chi connectivity index (χ4n) is 2.53. The molecule has 0 bridgehead atoms. The van der Waals surface area contributed by atoms with Gasteiger partial charge in [0.1, 0.15) is 11.5 Å². The molecule has 4 nitrogen and oxygen atoms in total. The number of para-hydroxylation sites is 4. The predicted molar refractivity (Wildman–Crippen MR) is 161 cm³/mol. The molecule has 0 saturated carbocycles. The average molecular weight is 491 g/mol. The van der Waals surface area contributed by atoms with Gasteiger partial charge in [-0.25, -0.2) is 0 Å². The van der Waals surface area contributed by atoms with Gasteiger partial charge in [0.2, 0.25) is 0 Å². The van der Waals surface area contributed by atoms with E-state index in [-0.39, 0.29) is 11.5 Å². The number of phenolic OH excluding ortho intramolecular Hbond substituents is 2. The predicted octanol–water partition coefficient (Wildman–Crippen LogP) is 10.4. The van der Waals surface area contributed by atoms with Crippen molar-refractivity contribution < 1.29 is 10.2 Å². The van der Waals surface area contributed by atoms with Gasteiger partial charge in [-0.15, -0.1) is 0 Å². The molecule has 0 spiro atoms. The molecule has 0 amide bonds. The molecule has 0 aromatic heterocycles. The molecular formula is C32H46N2O2. The summed E-state index contributed by atoms with van der Waals surface area (Å²) in [5.41, 5.74) is 3.59. The summed E-state index contributed by atoms with van der Waals surface area (Å²) in [7, 11) is 0. The highest BCUT2D eigenvalue weighted by Gasteiger charge is 1.98. The third kappa shape index (κ3) is 15.1. The maximum atomic E-state index is 9.51. The molecule has 4 aromatic rings. The highest BCUT2D eigenvalue weighted by atomic mass is 16.3. The molecule has 0 unspecified atom stereocenters. The zero-order valence-corrected chi connectivity index (χ0v) is 23.3. The van der Waals surface area contributed by atoms with Crippen molar-refractivity contribution in [3.63, 3.8) is 0 Å². The van der Waals surface area contributed by atoms with Gasteiger partial charge in [0.25, 0.3) is 0 Å². The van der Waals surface area contributed by atoms with Crippen molar-refractivity contribution in [2.24, 2.45) is 0 Å². The summed E-state index contributed by atoms with van der Waals surface area (Å²) < 4.78 is 0. The fraction of sp³-hybridized carbons (Fsp3) is 0.250. The van der Waals surface area contributed by atoms with Crippen LogP contribution in [0.5, 0.6) is 11.5 Å². The molecule has 4 rings (SSSR count). The first-order valence-electron chi connectivity index (χ1n) is 12.9. The number of hydrogen-bond donors (Lipinski definition) is 4. The summed E-state index contributed by atoms with van der Waals surface area (Å²) in [5, 5.41) is 25.1. The Kier molecular flexibility index (Phi) is 23.0. The smallest absolute Gasteiger partial charge is 0.139 e. The molecule has 4 N–H and O–H groups in total. The Labute approximate surface area is 219 Å². The van der Waals surface area contributed by atoms with Crippen molar-refractivity contribution >= 4 is 22.7 Å². The van der Waals surface area contributed by atoms with E-state index in [4.69, 9.17) is 0 Å². The summed E-state index contributed by atoms with van der Waals surface area (Å²) in [6.45, 7) is 16.0. The Balaban J connectivity index is 0. The first kappa shape index (κ1) is 34.2. The minimum absolute atomic E-state index is 0.261. The summed E-state index contributed by atoms with van der Waals surface area (Å²) in [5.74, 6) is 0.530. The van der Waals surface area contributed by atoms with Gasteiger partial charge in [0.15, 0.2) is 0 Å². The van der Waals surface area contributed by atoms with Gasteiger partial charge in [-0.05, 0) is 48.5 Å². The lowest BCUT2D eigenvalue weighted by Gasteiger charge is -2.07. The van der Waals surface area contributed by atoms with Gasteiger partial charge >= 0.3 is 0 Å². The van der Waals surface area contributed by atoms with Crippen LogP contribution in [-0.2, 0) is 0 Å². The second-order valence-electron chi connectivity index (χ2n) is 6.05. The SMILES string of the molecule is CC.CC.CC.CC.Oc1cccc(Nc2ccccc2)c1.Oc1ccccc1Nc1ccccc1. The van der Waals surface area contributed by atoms with E-state index >= 15 is 0 Å². The fourth-order valence-corrected chi connectivity index (χ4v) is 2.53. The lowest BCUT2D eigenvalue weighted by Crippen LogP contribution is -1.89. The molecule has 0 atom stereocenters. The van der Waals surface area contributed by atoms with Crippen molar-refractivity contribution in [1.29, 1.82) is 0 Å². The highest BCUT2D eigenvalue weighted by molar-refractivity contribution is 5.65. The molecule has 196 valence electrons. The van der Waals surface area contributed by atoms with Crippen LogP contribution in [0.2, 0.25) is 0 Å². The Bertz CT molecular complexity index is 991. The molecule has 0 aliphatic rings. The molecule has 4 heteroatoms. The van der Waals surface area contributed by atoms with Crippen LogP contribution in [0.3, 0.4) is 0 Å². The van der Waals surface area contributed by atoms with E-state index in [9.17, 15) is 10.2 Å².